The van der Waals surface area contributed by atoms with Crippen LogP contribution in [0.1, 0.15) is 16.8 Å². The van der Waals surface area contributed by atoms with Crippen molar-refractivity contribution < 1.29 is 0 Å². The first-order valence-electron chi connectivity index (χ1n) is 9.60. The third kappa shape index (κ3) is 3.96. The molecule has 27 heavy (non-hydrogen) atoms. The predicted molar refractivity (Wildman–Crippen MR) is 115 cm³/mol. The van der Waals surface area contributed by atoms with E-state index in [0.29, 0.717) is 0 Å². The molecule has 3 aromatic carbocycles. The van der Waals surface area contributed by atoms with E-state index >= 15 is 0 Å². The summed E-state index contributed by atoms with van der Waals surface area (Å²) in [5.74, 6) is 0. The molecule has 4 rings (SSSR count). The van der Waals surface area contributed by atoms with Crippen molar-refractivity contribution in [3.8, 4) is 11.1 Å². The predicted octanol–water partition coefficient (Wildman–Crippen LogP) is 5.82. The summed E-state index contributed by atoms with van der Waals surface area (Å²) in [5, 5.41) is 1.35. The number of hydrogen-bond donors (Lipinski definition) is 1. The minimum absolute atomic E-state index is 0.987. The maximum Gasteiger partial charge on any atom is 0.0465 e. The number of aromatic nitrogens is 1. The average molecular weight is 354 g/mol. The Kier molecular flexibility index (Phi) is 5.08. The smallest absolute Gasteiger partial charge is 0.0465 e. The minimum Gasteiger partial charge on any atom is -0.358 e. The number of H-pyrrole nitrogens is 1. The molecule has 0 spiro atoms. The molecule has 0 amide bonds. The van der Waals surface area contributed by atoms with Crippen molar-refractivity contribution in [1.29, 1.82) is 0 Å². The van der Waals surface area contributed by atoms with Gasteiger partial charge in [-0.3, -0.25) is 0 Å². The van der Waals surface area contributed by atoms with Crippen molar-refractivity contribution >= 4 is 10.9 Å². The van der Waals surface area contributed by atoms with Gasteiger partial charge in [0, 0.05) is 29.7 Å². The van der Waals surface area contributed by atoms with Gasteiger partial charge in [0.2, 0.25) is 0 Å². The molecule has 136 valence electrons. The van der Waals surface area contributed by atoms with Gasteiger partial charge in [0.1, 0.15) is 0 Å². The minimum atomic E-state index is 0.987. The van der Waals surface area contributed by atoms with Gasteiger partial charge in [-0.25, -0.2) is 0 Å². The maximum atomic E-state index is 3.59. The van der Waals surface area contributed by atoms with E-state index in [1.165, 1.54) is 38.9 Å². The van der Waals surface area contributed by atoms with Crippen LogP contribution in [0.4, 0.5) is 0 Å². The Balaban J connectivity index is 1.51. The van der Waals surface area contributed by atoms with Crippen LogP contribution >= 0.6 is 0 Å². The zero-order chi connectivity index (χ0) is 18.6. The summed E-state index contributed by atoms with van der Waals surface area (Å²) in [5.41, 5.74) is 7.83. The van der Waals surface area contributed by atoms with E-state index in [2.05, 4.69) is 103 Å². The first kappa shape index (κ1) is 17.6. The highest BCUT2D eigenvalue weighted by Gasteiger charge is 2.11. The van der Waals surface area contributed by atoms with Crippen LogP contribution < -0.4 is 0 Å². The van der Waals surface area contributed by atoms with E-state index in [9.17, 15) is 0 Å². The van der Waals surface area contributed by atoms with Crippen molar-refractivity contribution in [3.63, 3.8) is 0 Å². The fraction of sp³-hybridized carbons (Fsp3) is 0.200. The van der Waals surface area contributed by atoms with Crippen LogP contribution in [0.15, 0.2) is 78.9 Å². The second-order valence-electron chi connectivity index (χ2n) is 7.33. The lowest BCUT2D eigenvalue weighted by molar-refractivity contribution is 0.331. The number of hydrogen-bond acceptors (Lipinski definition) is 1. The average Bonchev–Trinajstić information content (AvgIpc) is 3.02. The number of nitrogens with one attached hydrogen (secondary N) is 1. The van der Waals surface area contributed by atoms with Crippen LogP contribution in [-0.4, -0.2) is 23.5 Å². The highest BCUT2D eigenvalue weighted by Crippen LogP contribution is 2.28. The Morgan fingerprint density at radius 3 is 2.26 bits per heavy atom. The van der Waals surface area contributed by atoms with Crippen molar-refractivity contribution in [1.82, 2.24) is 9.88 Å². The molecule has 0 radical (unpaired) electrons. The summed E-state index contributed by atoms with van der Waals surface area (Å²) in [6.07, 6.45) is 1.06. The molecule has 0 bridgehead atoms. The van der Waals surface area contributed by atoms with Crippen LogP contribution in [-0.2, 0) is 13.0 Å². The SMILES string of the molecule is Cc1[nH]c2cc(-c3ccccc3)ccc2c1CCN(C)Cc1ccccc1. The van der Waals surface area contributed by atoms with E-state index in [4.69, 9.17) is 0 Å². The Labute approximate surface area is 161 Å². The number of nitrogens with zero attached hydrogens (tertiary/aromatic N) is 1. The lowest BCUT2D eigenvalue weighted by Gasteiger charge is -2.16. The quantitative estimate of drug-likeness (QED) is 0.462. The van der Waals surface area contributed by atoms with E-state index in [0.717, 1.165) is 19.5 Å². The fourth-order valence-corrected chi connectivity index (χ4v) is 3.80. The number of benzene rings is 3. The maximum absolute atomic E-state index is 3.59. The van der Waals surface area contributed by atoms with Crippen molar-refractivity contribution in [3.05, 3.63) is 95.7 Å². The molecule has 0 saturated heterocycles. The second kappa shape index (κ2) is 7.81. The van der Waals surface area contributed by atoms with Gasteiger partial charge in [0.25, 0.3) is 0 Å². The fourth-order valence-electron chi connectivity index (χ4n) is 3.80. The highest BCUT2D eigenvalue weighted by molar-refractivity contribution is 5.88. The van der Waals surface area contributed by atoms with Crippen LogP contribution in [0.5, 0.6) is 0 Å². The summed E-state index contributed by atoms with van der Waals surface area (Å²) < 4.78 is 0. The number of aromatic amines is 1. The number of aryl methyl sites for hydroxylation is 1. The number of fused-ring (bicyclic) bond motifs is 1. The Morgan fingerprint density at radius 2 is 1.52 bits per heavy atom. The first-order chi connectivity index (χ1) is 13.2. The Bertz CT molecular complexity index is 1020. The summed E-state index contributed by atoms with van der Waals surface area (Å²) in [4.78, 5) is 5.99. The molecule has 0 saturated carbocycles. The van der Waals surface area contributed by atoms with Crippen LogP contribution in [0, 0.1) is 6.92 Å². The molecule has 0 fully saturated rings. The monoisotopic (exact) mass is 354 g/mol. The van der Waals surface area contributed by atoms with Crippen LogP contribution in [0.25, 0.3) is 22.0 Å². The normalized spacial score (nSPS) is 11.4. The van der Waals surface area contributed by atoms with Crippen molar-refractivity contribution in [2.45, 2.75) is 19.9 Å². The van der Waals surface area contributed by atoms with Gasteiger partial charge >= 0.3 is 0 Å². The molecule has 0 aliphatic rings. The molecule has 1 aromatic heterocycles. The van der Waals surface area contributed by atoms with Crippen molar-refractivity contribution in [2.75, 3.05) is 13.6 Å². The standard InChI is InChI=1S/C25H26N2/c1-19-23(15-16-27(2)18-20-9-5-3-6-10-20)24-14-13-22(17-25(24)26-19)21-11-7-4-8-12-21/h3-14,17,26H,15-16,18H2,1-2H3. The number of rotatable bonds is 6. The molecule has 0 atom stereocenters. The molecular weight excluding hydrogens is 328 g/mol. The molecule has 2 nitrogen and oxygen atoms in total. The third-order valence-corrected chi connectivity index (χ3v) is 5.27. The molecule has 0 aliphatic heterocycles. The van der Waals surface area contributed by atoms with Gasteiger partial charge in [-0.15, -0.1) is 0 Å². The van der Waals surface area contributed by atoms with Gasteiger partial charge in [-0.1, -0.05) is 72.8 Å². The van der Waals surface area contributed by atoms with E-state index in [1.54, 1.807) is 0 Å². The zero-order valence-corrected chi connectivity index (χ0v) is 16.1. The number of likely N-dealkylation sites (N-methyl/N-ethyl adjacent to an activating group) is 1. The molecule has 2 heteroatoms. The van der Waals surface area contributed by atoms with Gasteiger partial charge in [-0.05, 0) is 48.7 Å². The van der Waals surface area contributed by atoms with Gasteiger partial charge in [0.15, 0.2) is 0 Å². The topological polar surface area (TPSA) is 19.0 Å². The lowest BCUT2D eigenvalue weighted by Crippen LogP contribution is -2.20. The molecule has 1 heterocycles. The van der Waals surface area contributed by atoms with Crippen LogP contribution in [0.3, 0.4) is 0 Å². The van der Waals surface area contributed by atoms with Crippen molar-refractivity contribution in [2.24, 2.45) is 0 Å². The molecule has 4 aromatic rings. The van der Waals surface area contributed by atoms with Gasteiger partial charge in [0.05, 0.1) is 0 Å². The van der Waals surface area contributed by atoms with Crippen LogP contribution in [0.2, 0.25) is 0 Å². The first-order valence-corrected chi connectivity index (χ1v) is 9.60. The largest absolute Gasteiger partial charge is 0.358 e. The summed E-state index contributed by atoms with van der Waals surface area (Å²) in [6.45, 7) is 4.22. The summed E-state index contributed by atoms with van der Waals surface area (Å²) in [6, 6.07) is 28.0. The van der Waals surface area contributed by atoms with E-state index < -0.39 is 0 Å². The van der Waals surface area contributed by atoms with E-state index in [-0.39, 0.29) is 0 Å². The molecular formula is C25H26N2. The molecule has 1 N–H and O–H groups in total. The van der Waals surface area contributed by atoms with Gasteiger partial charge < -0.3 is 9.88 Å². The second-order valence-corrected chi connectivity index (χ2v) is 7.33. The highest BCUT2D eigenvalue weighted by atomic mass is 15.1. The zero-order valence-electron chi connectivity index (χ0n) is 16.1. The summed E-state index contributed by atoms with van der Waals surface area (Å²) in [7, 11) is 2.20. The third-order valence-electron chi connectivity index (χ3n) is 5.27. The van der Waals surface area contributed by atoms with E-state index in [1.807, 2.05) is 0 Å². The Morgan fingerprint density at radius 1 is 0.815 bits per heavy atom. The molecule has 0 unspecified atom stereocenters. The Hall–Kier alpha value is -2.84. The summed E-state index contributed by atoms with van der Waals surface area (Å²) >= 11 is 0. The molecule has 0 aliphatic carbocycles. The van der Waals surface area contributed by atoms with Gasteiger partial charge in [-0.2, -0.15) is 0 Å². The lowest BCUT2D eigenvalue weighted by atomic mass is 10.0.